The molecule has 0 spiro atoms. The average Bonchev–Trinajstić information content (AvgIpc) is 2.46. The predicted molar refractivity (Wildman–Crippen MR) is 87.2 cm³/mol. The summed E-state index contributed by atoms with van der Waals surface area (Å²) in [6.45, 7) is 6.26. The minimum Gasteiger partial charge on any atom is -0.478 e. The largest absolute Gasteiger partial charge is 0.478 e. The number of aliphatic carboxylic acids is 1. The lowest BCUT2D eigenvalue weighted by molar-refractivity contribution is -0.130. The van der Waals surface area contributed by atoms with E-state index in [2.05, 4.69) is 13.8 Å². The van der Waals surface area contributed by atoms with Gasteiger partial charge < -0.3 is 5.11 Å². The van der Waals surface area contributed by atoms with Crippen molar-refractivity contribution >= 4 is 17.6 Å². The van der Waals surface area contributed by atoms with Crippen LogP contribution in [0.1, 0.15) is 42.0 Å². The van der Waals surface area contributed by atoms with Gasteiger partial charge in [-0.3, -0.25) is 0 Å². The number of carboxylic acid groups (broad SMARTS) is 1. The first kappa shape index (κ1) is 15.0. The standard InChI is InChI=1S/C19H20O2/c1-13(2)16-10-6-15(7-11-16)12-18(19(20)21)17-8-4-14(3)5-9-17/h4-13H,1-3H3,(H,20,21)/b18-12+. The van der Waals surface area contributed by atoms with Gasteiger partial charge in [-0.15, -0.1) is 0 Å². The van der Waals surface area contributed by atoms with Crippen LogP contribution in [-0.2, 0) is 4.79 Å². The first-order valence-corrected chi connectivity index (χ1v) is 7.09. The van der Waals surface area contributed by atoms with Crippen LogP contribution in [0.3, 0.4) is 0 Å². The van der Waals surface area contributed by atoms with Crippen LogP contribution < -0.4 is 0 Å². The molecule has 2 nitrogen and oxygen atoms in total. The second-order valence-electron chi connectivity index (χ2n) is 5.55. The summed E-state index contributed by atoms with van der Waals surface area (Å²) < 4.78 is 0. The molecule has 108 valence electrons. The summed E-state index contributed by atoms with van der Waals surface area (Å²) in [6.07, 6.45) is 1.72. The summed E-state index contributed by atoms with van der Waals surface area (Å²) in [5.74, 6) is -0.439. The number of carboxylic acids is 1. The van der Waals surface area contributed by atoms with Crippen molar-refractivity contribution < 1.29 is 9.90 Å². The maximum absolute atomic E-state index is 11.5. The van der Waals surface area contributed by atoms with Gasteiger partial charge in [0, 0.05) is 0 Å². The van der Waals surface area contributed by atoms with Gasteiger partial charge in [0.05, 0.1) is 5.57 Å². The Labute approximate surface area is 125 Å². The van der Waals surface area contributed by atoms with Crippen LogP contribution in [-0.4, -0.2) is 11.1 Å². The third-order valence-corrected chi connectivity index (χ3v) is 3.51. The first-order chi connectivity index (χ1) is 9.97. The number of rotatable bonds is 4. The molecule has 2 aromatic carbocycles. The average molecular weight is 280 g/mol. The maximum Gasteiger partial charge on any atom is 0.336 e. The molecule has 0 bridgehead atoms. The van der Waals surface area contributed by atoms with E-state index in [1.807, 2.05) is 55.5 Å². The van der Waals surface area contributed by atoms with Crippen LogP contribution in [0.2, 0.25) is 0 Å². The SMILES string of the molecule is Cc1ccc(/C(=C\c2ccc(C(C)C)cc2)C(=O)O)cc1. The van der Waals surface area contributed by atoms with E-state index in [4.69, 9.17) is 0 Å². The van der Waals surface area contributed by atoms with Gasteiger partial charge in [-0.25, -0.2) is 4.79 Å². The van der Waals surface area contributed by atoms with Gasteiger partial charge in [0.25, 0.3) is 0 Å². The molecule has 0 aliphatic heterocycles. The zero-order chi connectivity index (χ0) is 15.4. The lowest BCUT2D eigenvalue weighted by atomic mass is 9.99. The first-order valence-electron chi connectivity index (χ1n) is 7.09. The number of hydrogen-bond acceptors (Lipinski definition) is 1. The van der Waals surface area contributed by atoms with Crippen molar-refractivity contribution in [3.8, 4) is 0 Å². The Morgan fingerprint density at radius 3 is 2.05 bits per heavy atom. The number of benzene rings is 2. The van der Waals surface area contributed by atoms with Crippen LogP contribution in [0.15, 0.2) is 48.5 Å². The van der Waals surface area contributed by atoms with Gasteiger partial charge in [0.15, 0.2) is 0 Å². The Balaban J connectivity index is 2.37. The lowest BCUT2D eigenvalue weighted by Crippen LogP contribution is -1.99. The van der Waals surface area contributed by atoms with Crippen molar-refractivity contribution in [2.24, 2.45) is 0 Å². The molecule has 0 aliphatic carbocycles. The van der Waals surface area contributed by atoms with E-state index in [0.29, 0.717) is 11.5 Å². The zero-order valence-corrected chi connectivity index (χ0v) is 12.6. The van der Waals surface area contributed by atoms with Crippen LogP contribution >= 0.6 is 0 Å². The van der Waals surface area contributed by atoms with Crippen molar-refractivity contribution in [1.29, 1.82) is 0 Å². The van der Waals surface area contributed by atoms with Crippen molar-refractivity contribution in [1.82, 2.24) is 0 Å². The van der Waals surface area contributed by atoms with Gasteiger partial charge in [-0.2, -0.15) is 0 Å². The second-order valence-corrected chi connectivity index (χ2v) is 5.55. The molecule has 1 N–H and O–H groups in total. The summed E-state index contributed by atoms with van der Waals surface area (Å²) in [4.78, 5) is 11.5. The molecule has 0 radical (unpaired) electrons. The Morgan fingerprint density at radius 2 is 1.57 bits per heavy atom. The molecule has 0 unspecified atom stereocenters. The highest BCUT2D eigenvalue weighted by Gasteiger charge is 2.10. The van der Waals surface area contributed by atoms with E-state index < -0.39 is 5.97 Å². The maximum atomic E-state index is 11.5. The molecular weight excluding hydrogens is 260 g/mol. The van der Waals surface area contributed by atoms with Gasteiger partial charge >= 0.3 is 5.97 Å². The molecule has 0 saturated heterocycles. The molecule has 0 atom stereocenters. The highest BCUT2D eigenvalue weighted by atomic mass is 16.4. The Morgan fingerprint density at radius 1 is 1.00 bits per heavy atom. The fourth-order valence-corrected chi connectivity index (χ4v) is 2.15. The number of aryl methyl sites for hydroxylation is 1. The van der Waals surface area contributed by atoms with Gasteiger partial charge in [-0.1, -0.05) is 67.9 Å². The summed E-state index contributed by atoms with van der Waals surface area (Å²) in [7, 11) is 0. The summed E-state index contributed by atoms with van der Waals surface area (Å²) in [5, 5.41) is 9.43. The summed E-state index contributed by atoms with van der Waals surface area (Å²) in [6, 6.07) is 15.6. The molecule has 0 amide bonds. The summed E-state index contributed by atoms with van der Waals surface area (Å²) >= 11 is 0. The van der Waals surface area contributed by atoms with Crippen LogP contribution in [0.4, 0.5) is 0 Å². The Bertz CT molecular complexity index is 647. The number of hydrogen-bond donors (Lipinski definition) is 1. The van der Waals surface area contributed by atoms with Gasteiger partial charge in [-0.05, 0) is 35.6 Å². The zero-order valence-electron chi connectivity index (χ0n) is 12.6. The second kappa shape index (κ2) is 6.40. The molecule has 0 aliphatic rings. The molecule has 0 aromatic heterocycles. The van der Waals surface area contributed by atoms with Crippen LogP contribution in [0, 0.1) is 6.92 Å². The van der Waals surface area contributed by atoms with Gasteiger partial charge in [0.2, 0.25) is 0 Å². The molecule has 2 rings (SSSR count). The van der Waals surface area contributed by atoms with Crippen molar-refractivity contribution in [3.63, 3.8) is 0 Å². The fourth-order valence-electron chi connectivity index (χ4n) is 2.15. The molecular formula is C19H20O2. The smallest absolute Gasteiger partial charge is 0.336 e. The minimum absolute atomic E-state index is 0.312. The molecule has 2 heteroatoms. The molecule has 0 fully saturated rings. The molecule has 21 heavy (non-hydrogen) atoms. The van der Waals surface area contributed by atoms with E-state index in [0.717, 1.165) is 16.7 Å². The monoisotopic (exact) mass is 280 g/mol. The van der Waals surface area contributed by atoms with E-state index in [1.54, 1.807) is 6.08 Å². The highest BCUT2D eigenvalue weighted by molar-refractivity contribution is 6.20. The van der Waals surface area contributed by atoms with Crippen molar-refractivity contribution in [3.05, 3.63) is 70.8 Å². The third kappa shape index (κ3) is 3.82. The Kier molecular flexibility index (Phi) is 4.59. The molecule has 0 saturated carbocycles. The van der Waals surface area contributed by atoms with Crippen LogP contribution in [0.5, 0.6) is 0 Å². The van der Waals surface area contributed by atoms with Gasteiger partial charge in [0.1, 0.15) is 0 Å². The van der Waals surface area contributed by atoms with Crippen LogP contribution in [0.25, 0.3) is 11.6 Å². The highest BCUT2D eigenvalue weighted by Crippen LogP contribution is 2.21. The van der Waals surface area contributed by atoms with E-state index in [9.17, 15) is 9.90 Å². The molecule has 0 heterocycles. The topological polar surface area (TPSA) is 37.3 Å². The normalized spacial score (nSPS) is 11.7. The van der Waals surface area contributed by atoms with Crippen molar-refractivity contribution in [2.75, 3.05) is 0 Å². The third-order valence-electron chi connectivity index (χ3n) is 3.51. The number of carbonyl (C=O) groups is 1. The fraction of sp³-hybridized carbons (Fsp3) is 0.211. The van der Waals surface area contributed by atoms with E-state index >= 15 is 0 Å². The summed E-state index contributed by atoms with van der Waals surface area (Å²) in [5.41, 5.74) is 4.30. The molecule has 2 aromatic rings. The quantitative estimate of drug-likeness (QED) is 0.648. The van der Waals surface area contributed by atoms with E-state index in [-0.39, 0.29) is 0 Å². The Hall–Kier alpha value is -2.35. The van der Waals surface area contributed by atoms with Crippen molar-refractivity contribution in [2.45, 2.75) is 26.7 Å². The lowest BCUT2D eigenvalue weighted by Gasteiger charge is -2.07. The predicted octanol–water partition coefficient (Wildman–Crippen LogP) is 4.74. The van der Waals surface area contributed by atoms with E-state index in [1.165, 1.54) is 5.56 Å². The minimum atomic E-state index is -0.910.